The molecule has 29 heavy (non-hydrogen) atoms. The standard InChI is InChI=1S/C22H28N4O3/c1-2-28-14-16-5-7-17(8-6-16)21(27)24-19-4-3-10-26(13-19)22-23-12-18-15-29-11-9-20(18)25-22/h5-8,12,19H,2-4,9-11,13-15H2,1H3,(H,24,27)/t19-/m0/s1. The Labute approximate surface area is 171 Å². The van der Waals surface area contributed by atoms with Gasteiger partial charge in [0.15, 0.2) is 0 Å². The van der Waals surface area contributed by atoms with Crippen LogP contribution in [0.5, 0.6) is 0 Å². The Morgan fingerprint density at radius 1 is 1.34 bits per heavy atom. The quantitative estimate of drug-likeness (QED) is 0.808. The third-order valence-corrected chi connectivity index (χ3v) is 5.41. The zero-order valence-corrected chi connectivity index (χ0v) is 16.9. The molecule has 1 atom stereocenters. The lowest BCUT2D eigenvalue weighted by Gasteiger charge is -2.33. The largest absolute Gasteiger partial charge is 0.377 e. The highest BCUT2D eigenvalue weighted by molar-refractivity contribution is 5.94. The molecule has 0 aliphatic carbocycles. The summed E-state index contributed by atoms with van der Waals surface area (Å²) in [6.07, 6.45) is 4.67. The fraction of sp³-hybridized carbons (Fsp3) is 0.500. The number of rotatable bonds is 6. The van der Waals surface area contributed by atoms with Crippen LogP contribution in [-0.4, -0.2) is 48.2 Å². The summed E-state index contributed by atoms with van der Waals surface area (Å²) in [6.45, 7) is 6.17. The fourth-order valence-corrected chi connectivity index (χ4v) is 3.79. The summed E-state index contributed by atoms with van der Waals surface area (Å²) >= 11 is 0. The first-order valence-electron chi connectivity index (χ1n) is 10.4. The summed E-state index contributed by atoms with van der Waals surface area (Å²) in [6, 6.07) is 7.70. The summed E-state index contributed by atoms with van der Waals surface area (Å²) in [5.74, 6) is 0.716. The molecule has 2 aromatic rings. The molecule has 3 heterocycles. The van der Waals surface area contributed by atoms with Crippen LogP contribution in [0.15, 0.2) is 30.5 Å². The lowest BCUT2D eigenvalue weighted by molar-refractivity contribution is 0.0932. The Bertz CT molecular complexity index is 840. The second-order valence-corrected chi connectivity index (χ2v) is 7.54. The van der Waals surface area contributed by atoms with Crippen LogP contribution in [0.4, 0.5) is 5.95 Å². The number of piperidine rings is 1. The van der Waals surface area contributed by atoms with Gasteiger partial charge in [-0.2, -0.15) is 0 Å². The van der Waals surface area contributed by atoms with Crippen LogP contribution in [-0.2, 0) is 29.1 Å². The molecule has 154 valence electrons. The maximum Gasteiger partial charge on any atom is 0.251 e. The molecule has 4 rings (SSSR count). The van der Waals surface area contributed by atoms with Gasteiger partial charge in [0.25, 0.3) is 5.91 Å². The van der Waals surface area contributed by atoms with Gasteiger partial charge in [0.2, 0.25) is 5.95 Å². The van der Waals surface area contributed by atoms with E-state index in [0.29, 0.717) is 32.0 Å². The first kappa shape index (κ1) is 19.8. The molecule has 0 spiro atoms. The van der Waals surface area contributed by atoms with Crippen molar-refractivity contribution in [3.63, 3.8) is 0 Å². The van der Waals surface area contributed by atoms with E-state index >= 15 is 0 Å². The summed E-state index contributed by atoms with van der Waals surface area (Å²) in [7, 11) is 0. The average molecular weight is 396 g/mol. The van der Waals surface area contributed by atoms with Crippen LogP contribution >= 0.6 is 0 Å². The van der Waals surface area contributed by atoms with Gasteiger partial charge in [-0.05, 0) is 37.5 Å². The van der Waals surface area contributed by atoms with Gasteiger partial charge >= 0.3 is 0 Å². The third kappa shape index (κ3) is 4.92. The number of nitrogens with zero attached hydrogens (tertiary/aromatic N) is 3. The van der Waals surface area contributed by atoms with Crippen molar-refractivity contribution >= 4 is 11.9 Å². The molecule has 7 nitrogen and oxygen atoms in total. The van der Waals surface area contributed by atoms with Crippen LogP contribution in [0, 0.1) is 0 Å². The van der Waals surface area contributed by atoms with Crippen molar-refractivity contribution in [1.29, 1.82) is 0 Å². The Kier molecular flexibility index (Phi) is 6.36. The summed E-state index contributed by atoms with van der Waals surface area (Å²) in [4.78, 5) is 24.1. The number of carbonyl (C=O) groups excluding carboxylic acids is 1. The van der Waals surface area contributed by atoms with E-state index in [1.165, 1.54) is 0 Å². The number of hydrogen-bond donors (Lipinski definition) is 1. The van der Waals surface area contributed by atoms with Gasteiger partial charge in [-0.3, -0.25) is 4.79 Å². The van der Waals surface area contributed by atoms with E-state index in [0.717, 1.165) is 55.1 Å². The van der Waals surface area contributed by atoms with Crippen molar-refractivity contribution in [1.82, 2.24) is 15.3 Å². The van der Waals surface area contributed by atoms with Gasteiger partial charge in [0.05, 0.1) is 25.5 Å². The van der Waals surface area contributed by atoms with Crippen molar-refractivity contribution < 1.29 is 14.3 Å². The number of nitrogens with one attached hydrogen (secondary N) is 1. The molecule has 7 heteroatoms. The molecule has 1 N–H and O–H groups in total. The van der Waals surface area contributed by atoms with Crippen molar-refractivity contribution in [2.24, 2.45) is 0 Å². The Morgan fingerprint density at radius 3 is 3.03 bits per heavy atom. The van der Waals surface area contributed by atoms with Crippen LogP contribution in [0.1, 0.15) is 46.9 Å². The first-order valence-corrected chi connectivity index (χ1v) is 10.4. The molecule has 1 saturated heterocycles. The second kappa shape index (κ2) is 9.33. The van der Waals surface area contributed by atoms with E-state index in [1.54, 1.807) is 0 Å². The van der Waals surface area contributed by atoms with E-state index in [4.69, 9.17) is 14.5 Å². The molecule has 0 bridgehead atoms. The van der Waals surface area contributed by atoms with E-state index in [2.05, 4.69) is 15.2 Å². The number of hydrogen-bond acceptors (Lipinski definition) is 6. The number of anilines is 1. The predicted molar refractivity (Wildman–Crippen MR) is 110 cm³/mol. The van der Waals surface area contributed by atoms with Crippen molar-refractivity contribution in [3.05, 3.63) is 52.8 Å². The Morgan fingerprint density at radius 2 is 2.21 bits per heavy atom. The minimum atomic E-state index is -0.0386. The van der Waals surface area contributed by atoms with E-state index in [9.17, 15) is 4.79 Å². The van der Waals surface area contributed by atoms with Crippen LogP contribution in [0.3, 0.4) is 0 Å². The van der Waals surface area contributed by atoms with Crippen molar-refractivity contribution in [2.45, 2.75) is 45.4 Å². The molecule has 1 aromatic heterocycles. The first-order chi connectivity index (χ1) is 14.2. The number of ether oxygens (including phenoxy) is 2. The number of benzene rings is 1. The molecule has 0 saturated carbocycles. The molecule has 2 aliphatic heterocycles. The third-order valence-electron chi connectivity index (χ3n) is 5.41. The second-order valence-electron chi connectivity index (χ2n) is 7.54. The van der Waals surface area contributed by atoms with Crippen LogP contribution < -0.4 is 10.2 Å². The minimum absolute atomic E-state index is 0.0386. The lowest BCUT2D eigenvalue weighted by Crippen LogP contribution is -2.48. The summed E-state index contributed by atoms with van der Waals surface area (Å²) in [5, 5.41) is 3.17. The maximum atomic E-state index is 12.7. The fourth-order valence-electron chi connectivity index (χ4n) is 3.79. The van der Waals surface area contributed by atoms with E-state index in [-0.39, 0.29) is 11.9 Å². The number of fused-ring (bicyclic) bond motifs is 1. The van der Waals surface area contributed by atoms with Crippen molar-refractivity contribution in [3.8, 4) is 0 Å². The van der Waals surface area contributed by atoms with Gasteiger partial charge in [-0.15, -0.1) is 0 Å². The minimum Gasteiger partial charge on any atom is -0.377 e. The highest BCUT2D eigenvalue weighted by Crippen LogP contribution is 2.20. The number of aromatic nitrogens is 2. The monoisotopic (exact) mass is 396 g/mol. The van der Waals surface area contributed by atoms with Gasteiger partial charge in [0, 0.05) is 49.5 Å². The highest BCUT2D eigenvalue weighted by Gasteiger charge is 2.24. The highest BCUT2D eigenvalue weighted by atomic mass is 16.5. The molecule has 2 aliphatic rings. The maximum absolute atomic E-state index is 12.7. The molecule has 0 unspecified atom stereocenters. The number of amides is 1. The molecule has 1 fully saturated rings. The molecular weight excluding hydrogens is 368 g/mol. The van der Waals surface area contributed by atoms with Gasteiger partial charge in [0.1, 0.15) is 0 Å². The van der Waals surface area contributed by atoms with Crippen molar-refractivity contribution in [2.75, 3.05) is 31.2 Å². The SMILES string of the molecule is CCOCc1ccc(C(=O)N[C@H]2CCCN(c3ncc4c(n3)CCOC4)C2)cc1. The average Bonchev–Trinajstić information content (AvgIpc) is 2.78. The van der Waals surface area contributed by atoms with E-state index < -0.39 is 0 Å². The Hall–Kier alpha value is -2.51. The Balaban J connectivity index is 1.36. The van der Waals surface area contributed by atoms with Gasteiger partial charge in [-0.1, -0.05) is 12.1 Å². The van der Waals surface area contributed by atoms with Crippen LogP contribution in [0.2, 0.25) is 0 Å². The smallest absolute Gasteiger partial charge is 0.251 e. The summed E-state index contributed by atoms with van der Waals surface area (Å²) in [5.41, 5.74) is 3.91. The lowest BCUT2D eigenvalue weighted by atomic mass is 10.0. The molecule has 0 radical (unpaired) electrons. The summed E-state index contributed by atoms with van der Waals surface area (Å²) < 4.78 is 10.9. The zero-order valence-electron chi connectivity index (χ0n) is 16.9. The number of carbonyl (C=O) groups is 1. The molecular formula is C22H28N4O3. The normalized spacial score (nSPS) is 18.9. The van der Waals surface area contributed by atoms with E-state index in [1.807, 2.05) is 37.4 Å². The van der Waals surface area contributed by atoms with Gasteiger partial charge < -0.3 is 19.7 Å². The van der Waals surface area contributed by atoms with Gasteiger partial charge in [-0.25, -0.2) is 9.97 Å². The van der Waals surface area contributed by atoms with Crippen LogP contribution in [0.25, 0.3) is 0 Å². The zero-order chi connectivity index (χ0) is 20.1. The molecule has 1 amide bonds. The topological polar surface area (TPSA) is 76.6 Å². The predicted octanol–water partition coefficient (Wildman–Crippen LogP) is 2.48. The molecule has 1 aromatic carbocycles.